The molecule has 0 radical (unpaired) electrons. The topological polar surface area (TPSA) is 59.8 Å². The SMILES string of the molecule is CC(=O)NCCCc1nc(-c2ccccc2)nn1Cc1ccccc1. The van der Waals surface area contributed by atoms with Gasteiger partial charge in [0.2, 0.25) is 5.91 Å². The van der Waals surface area contributed by atoms with Gasteiger partial charge in [-0.2, -0.15) is 5.10 Å². The second-order valence-electron chi connectivity index (χ2n) is 5.95. The number of hydrogen-bond donors (Lipinski definition) is 1. The Labute approximate surface area is 147 Å². The van der Waals surface area contributed by atoms with E-state index in [1.54, 1.807) is 0 Å². The molecule has 3 aromatic rings. The number of amides is 1. The Morgan fingerprint density at radius 1 is 1.04 bits per heavy atom. The molecular weight excluding hydrogens is 312 g/mol. The van der Waals surface area contributed by atoms with Crippen molar-refractivity contribution in [1.82, 2.24) is 20.1 Å². The minimum atomic E-state index is -0.00396. The molecule has 1 amide bonds. The van der Waals surface area contributed by atoms with E-state index in [1.807, 2.05) is 53.2 Å². The highest BCUT2D eigenvalue weighted by Crippen LogP contribution is 2.17. The molecule has 0 unspecified atom stereocenters. The minimum absolute atomic E-state index is 0.00396. The molecule has 5 nitrogen and oxygen atoms in total. The summed E-state index contributed by atoms with van der Waals surface area (Å²) in [6.45, 7) is 2.87. The number of nitrogens with zero attached hydrogens (tertiary/aromatic N) is 3. The van der Waals surface area contributed by atoms with Crippen LogP contribution in [0, 0.1) is 0 Å². The van der Waals surface area contributed by atoms with Gasteiger partial charge in [0.25, 0.3) is 0 Å². The average molecular weight is 334 g/mol. The van der Waals surface area contributed by atoms with Gasteiger partial charge in [-0.05, 0) is 12.0 Å². The molecule has 1 heterocycles. The molecule has 25 heavy (non-hydrogen) atoms. The molecular formula is C20H22N4O. The van der Waals surface area contributed by atoms with Crippen LogP contribution >= 0.6 is 0 Å². The number of hydrogen-bond acceptors (Lipinski definition) is 3. The van der Waals surface area contributed by atoms with Crippen LogP contribution in [0.5, 0.6) is 0 Å². The molecule has 0 bridgehead atoms. The fraction of sp³-hybridized carbons (Fsp3) is 0.250. The lowest BCUT2D eigenvalue weighted by Gasteiger charge is -2.06. The van der Waals surface area contributed by atoms with E-state index in [2.05, 4.69) is 17.4 Å². The normalized spacial score (nSPS) is 10.6. The van der Waals surface area contributed by atoms with Gasteiger partial charge in [0.05, 0.1) is 6.54 Å². The predicted octanol–water partition coefficient (Wildman–Crippen LogP) is 3.06. The summed E-state index contributed by atoms with van der Waals surface area (Å²) < 4.78 is 1.96. The van der Waals surface area contributed by atoms with E-state index in [-0.39, 0.29) is 5.91 Å². The van der Waals surface area contributed by atoms with E-state index in [0.717, 1.165) is 30.1 Å². The van der Waals surface area contributed by atoms with Gasteiger partial charge < -0.3 is 5.32 Å². The Balaban J connectivity index is 1.80. The zero-order valence-electron chi connectivity index (χ0n) is 14.4. The third kappa shape index (κ3) is 4.76. The molecule has 5 heteroatoms. The van der Waals surface area contributed by atoms with Crippen molar-refractivity contribution < 1.29 is 4.79 Å². The lowest BCUT2D eigenvalue weighted by molar-refractivity contribution is -0.118. The first-order chi connectivity index (χ1) is 12.2. The summed E-state index contributed by atoms with van der Waals surface area (Å²) in [5.74, 6) is 1.68. The van der Waals surface area contributed by atoms with Crippen LogP contribution in [0.15, 0.2) is 60.7 Å². The van der Waals surface area contributed by atoms with E-state index >= 15 is 0 Å². The van der Waals surface area contributed by atoms with Crippen molar-refractivity contribution >= 4 is 5.91 Å². The quantitative estimate of drug-likeness (QED) is 0.676. The first kappa shape index (κ1) is 16.9. The van der Waals surface area contributed by atoms with Crippen molar-refractivity contribution in [3.8, 4) is 11.4 Å². The smallest absolute Gasteiger partial charge is 0.216 e. The number of carbonyl (C=O) groups is 1. The molecule has 128 valence electrons. The number of benzene rings is 2. The van der Waals surface area contributed by atoms with Crippen molar-refractivity contribution in [2.45, 2.75) is 26.3 Å². The van der Waals surface area contributed by atoms with Crippen LogP contribution in [0.1, 0.15) is 24.7 Å². The Hall–Kier alpha value is -2.95. The zero-order chi connectivity index (χ0) is 17.5. The molecule has 0 spiro atoms. The molecule has 0 fully saturated rings. The van der Waals surface area contributed by atoms with Gasteiger partial charge >= 0.3 is 0 Å². The molecule has 0 aliphatic carbocycles. The highest BCUT2D eigenvalue weighted by Gasteiger charge is 2.12. The Morgan fingerprint density at radius 2 is 1.72 bits per heavy atom. The molecule has 0 aliphatic heterocycles. The van der Waals surface area contributed by atoms with Gasteiger partial charge in [0, 0.05) is 25.5 Å². The van der Waals surface area contributed by atoms with E-state index in [9.17, 15) is 4.79 Å². The summed E-state index contributed by atoms with van der Waals surface area (Å²) in [5.41, 5.74) is 2.20. The summed E-state index contributed by atoms with van der Waals surface area (Å²) in [4.78, 5) is 15.7. The molecule has 1 N–H and O–H groups in total. The van der Waals surface area contributed by atoms with Crippen molar-refractivity contribution in [3.05, 3.63) is 72.1 Å². The number of aromatic nitrogens is 3. The van der Waals surface area contributed by atoms with Crippen LogP contribution < -0.4 is 5.32 Å². The second-order valence-corrected chi connectivity index (χ2v) is 5.95. The van der Waals surface area contributed by atoms with Gasteiger partial charge in [-0.1, -0.05) is 60.7 Å². The average Bonchev–Trinajstić information content (AvgIpc) is 3.03. The largest absolute Gasteiger partial charge is 0.356 e. The molecule has 0 aliphatic rings. The van der Waals surface area contributed by atoms with Crippen molar-refractivity contribution in [3.63, 3.8) is 0 Å². The minimum Gasteiger partial charge on any atom is -0.356 e. The van der Waals surface area contributed by atoms with E-state index in [0.29, 0.717) is 13.1 Å². The first-order valence-corrected chi connectivity index (χ1v) is 8.50. The first-order valence-electron chi connectivity index (χ1n) is 8.50. The highest BCUT2D eigenvalue weighted by molar-refractivity contribution is 5.72. The van der Waals surface area contributed by atoms with Crippen LogP contribution in [0.4, 0.5) is 0 Å². The number of rotatable bonds is 7. The van der Waals surface area contributed by atoms with Gasteiger partial charge in [0.15, 0.2) is 5.82 Å². The van der Waals surface area contributed by atoms with Gasteiger partial charge in [-0.15, -0.1) is 0 Å². The summed E-state index contributed by atoms with van der Waals surface area (Å²) >= 11 is 0. The van der Waals surface area contributed by atoms with Crippen LogP contribution in [0.2, 0.25) is 0 Å². The molecule has 2 aromatic carbocycles. The third-order valence-electron chi connectivity index (χ3n) is 3.91. The van der Waals surface area contributed by atoms with Crippen LogP contribution in [0.25, 0.3) is 11.4 Å². The maximum absolute atomic E-state index is 11.0. The van der Waals surface area contributed by atoms with E-state index in [4.69, 9.17) is 10.1 Å². The second kappa shape index (κ2) is 8.24. The van der Waals surface area contributed by atoms with Crippen LogP contribution in [-0.2, 0) is 17.8 Å². The Morgan fingerprint density at radius 3 is 2.40 bits per heavy atom. The van der Waals surface area contributed by atoms with Crippen molar-refractivity contribution in [1.29, 1.82) is 0 Å². The molecule has 0 saturated carbocycles. The lowest BCUT2D eigenvalue weighted by atomic mass is 10.2. The van der Waals surface area contributed by atoms with Crippen LogP contribution in [-0.4, -0.2) is 27.2 Å². The summed E-state index contributed by atoms with van der Waals surface area (Å²) in [5, 5.41) is 7.53. The zero-order valence-corrected chi connectivity index (χ0v) is 14.4. The van der Waals surface area contributed by atoms with Crippen molar-refractivity contribution in [2.24, 2.45) is 0 Å². The maximum atomic E-state index is 11.0. The number of aryl methyl sites for hydroxylation is 1. The predicted molar refractivity (Wildman–Crippen MR) is 98.0 cm³/mol. The van der Waals surface area contributed by atoms with Gasteiger partial charge in [0.1, 0.15) is 5.82 Å². The van der Waals surface area contributed by atoms with E-state index in [1.165, 1.54) is 12.5 Å². The summed E-state index contributed by atoms with van der Waals surface area (Å²) in [6, 6.07) is 20.2. The highest BCUT2D eigenvalue weighted by atomic mass is 16.1. The molecule has 1 aromatic heterocycles. The van der Waals surface area contributed by atoms with E-state index < -0.39 is 0 Å². The van der Waals surface area contributed by atoms with Crippen LogP contribution in [0.3, 0.4) is 0 Å². The molecule has 3 rings (SSSR count). The molecule has 0 atom stereocenters. The van der Waals surface area contributed by atoms with Crippen molar-refractivity contribution in [2.75, 3.05) is 6.54 Å². The summed E-state index contributed by atoms with van der Waals surface area (Å²) in [7, 11) is 0. The lowest BCUT2D eigenvalue weighted by Crippen LogP contribution is -2.21. The maximum Gasteiger partial charge on any atom is 0.216 e. The third-order valence-corrected chi connectivity index (χ3v) is 3.91. The fourth-order valence-electron chi connectivity index (χ4n) is 2.66. The van der Waals surface area contributed by atoms with Gasteiger partial charge in [-0.25, -0.2) is 9.67 Å². The number of nitrogens with one attached hydrogen (secondary N) is 1. The fourth-order valence-corrected chi connectivity index (χ4v) is 2.66. The standard InChI is InChI=1S/C20H22N4O/c1-16(25)21-14-8-13-19-22-20(18-11-6-3-7-12-18)23-24(19)15-17-9-4-2-5-10-17/h2-7,9-12H,8,13-15H2,1H3,(H,21,25). The monoisotopic (exact) mass is 334 g/mol. The van der Waals surface area contributed by atoms with Gasteiger partial charge in [-0.3, -0.25) is 4.79 Å². The molecule has 0 saturated heterocycles. The number of carbonyl (C=O) groups excluding carboxylic acids is 1. The summed E-state index contributed by atoms with van der Waals surface area (Å²) in [6.07, 6.45) is 1.61. The Bertz CT molecular complexity index is 812. The Kier molecular flexibility index (Phi) is 5.57.